The van der Waals surface area contributed by atoms with Gasteiger partial charge < -0.3 is 10.5 Å². The molecular formula is C31H37N3O. The number of hydrogen-bond acceptors (Lipinski definition) is 4. The van der Waals surface area contributed by atoms with Crippen LogP contribution in [0.4, 0.5) is 0 Å². The van der Waals surface area contributed by atoms with Crippen molar-refractivity contribution in [3.05, 3.63) is 65.5 Å². The first kappa shape index (κ1) is 21.1. The molecule has 2 saturated heterocycles. The topological polar surface area (TPSA) is 51.4 Å². The van der Waals surface area contributed by atoms with Crippen molar-refractivity contribution in [3.8, 4) is 0 Å². The average molecular weight is 468 g/mol. The molecule has 1 aromatic carbocycles. The summed E-state index contributed by atoms with van der Waals surface area (Å²) >= 11 is 0. The van der Waals surface area contributed by atoms with Crippen LogP contribution in [0.25, 0.3) is 10.8 Å². The van der Waals surface area contributed by atoms with Crippen LogP contribution in [-0.4, -0.2) is 46.3 Å². The molecule has 4 nitrogen and oxygen atoms in total. The molecule has 6 aliphatic rings. The Balaban J connectivity index is 1.14. The van der Waals surface area contributed by atoms with Crippen LogP contribution in [-0.2, 0) is 4.74 Å². The summed E-state index contributed by atoms with van der Waals surface area (Å²) in [6.45, 7) is 4.71. The van der Waals surface area contributed by atoms with Crippen molar-refractivity contribution in [2.75, 3.05) is 13.1 Å². The van der Waals surface area contributed by atoms with Gasteiger partial charge >= 0.3 is 0 Å². The highest BCUT2D eigenvalue weighted by Crippen LogP contribution is 2.69. The standard InChI is InChI=1S/C31H37N3O/c1-29-10-8-24-15-23-4-5-26(34-18-25(32)19-34)16-30(23)11-12-31(24,35-30)28(29)7-6-27(29)21-3-2-20-9-13-33-17-22(20)14-21/h2-3,8-9,13-15,17,25-28H,4-7,10-12,16,18-19,32H2,1H3/t26-,27-,28-,29?,30-,31-/m1/s1. The summed E-state index contributed by atoms with van der Waals surface area (Å²) in [5.41, 5.74) is 10.9. The summed E-state index contributed by atoms with van der Waals surface area (Å²) in [4.78, 5) is 7.01. The molecule has 1 unspecified atom stereocenters. The van der Waals surface area contributed by atoms with E-state index < -0.39 is 0 Å². The van der Waals surface area contributed by atoms with Gasteiger partial charge in [0.1, 0.15) is 0 Å². The molecule has 0 amide bonds. The van der Waals surface area contributed by atoms with E-state index >= 15 is 0 Å². The molecule has 2 saturated carbocycles. The van der Waals surface area contributed by atoms with Gasteiger partial charge in [-0.1, -0.05) is 31.2 Å². The predicted octanol–water partition coefficient (Wildman–Crippen LogP) is 5.49. The van der Waals surface area contributed by atoms with E-state index in [1.807, 2.05) is 12.4 Å². The lowest BCUT2D eigenvalue weighted by Crippen LogP contribution is -2.62. The third-order valence-corrected chi connectivity index (χ3v) is 11.2. The minimum absolute atomic E-state index is 0.0229. The van der Waals surface area contributed by atoms with Gasteiger partial charge in [0, 0.05) is 43.0 Å². The van der Waals surface area contributed by atoms with Gasteiger partial charge in [-0.25, -0.2) is 0 Å². The Morgan fingerprint density at radius 1 is 1.09 bits per heavy atom. The summed E-state index contributed by atoms with van der Waals surface area (Å²) in [6, 6.07) is 10.2. The van der Waals surface area contributed by atoms with Gasteiger partial charge in [-0.3, -0.25) is 9.88 Å². The van der Waals surface area contributed by atoms with E-state index in [0.29, 0.717) is 23.9 Å². The molecule has 1 aromatic heterocycles. The van der Waals surface area contributed by atoms with Crippen molar-refractivity contribution in [3.63, 3.8) is 0 Å². The Morgan fingerprint density at radius 2 is 2.00 bits per heavy atom. The molecule has 35 heavy (non-hydrogen) atoms. The van der Waals surface area contributed by atoms with Crippen molar-refractivity contribution in [1.82, 2.24) is 9.88 Å². The smallest absolute Gasteiger partial charge is 0.0974 e. The van der Waals surface area contributed by atoms with Gasteiger partial charge in [0.2, 0.25) is 0 Å². The maximum atomic E-state index is 7.49. The Bertz CT molecular complexity index is 1280. The highest BCUT2D eigenvalue weighted by Gasteiger charge is 2.66. The second-order valence-electron chi connectivity index (χ2n) is 12.8. The zero-order valence-electron chi connectivity index (χ0n) is 20.9. The van der Waals surface area contributed by atoms with Gasteiger partial charge in [0.15, 0.2) is 0 Å². The van der Waals surface area contributed by atoms with Gasteiger partial charge in [0.25, 0.3) is 0 Å². The van der Waals surface area contributed by atoms with E-state index in [1.54, 1.807) is 5.57 Å². The van der Waals surface area contributed by atoms with Crippen molar-refractivity contribution in [1.29, 1.82) is 0 Å². The second kappa shape index (κ2) is 7.06. The molecule has 0 radical (unpaired) electrons. The lowest BCUT2D eigenvalue weighted by molar-refractivity contribution is -0.143. The lowest BCUT2D eigenvalue weighted by atomic mass is 9.58. The van der Waals surface area contributed by atoms with Crippen LogP contribution in [0.3, 0.4) is 0 Å². The Kier molecular flexibility index (Phi) is 4.26. The van der Waals surface area contributed by atoms with Crippen LogP contribution in [0.5, 0.6) is 0 Å². The lowest BCUT2D eigenvalue weighted by Gasteiger charge is -2.55. The molecule has 2 aromatic rings. The molecule has 3 aliphatic carbocycles. The molecule has 2 bridgehead atoms. The van der Waals surface area contributed by atoms with Crippen LogP contribution in [0.1, 0.15) is 69.8 Å². The first-order chi connectivity index (χ1) is 17.0. The summed E-state index contributed by atoms with van der Waals surface area (Å²) in [5, 5.41) is 2.55. The van der Waals surface area contributed by atoms with Crippen LogP contribution < -0.4 is 5.73 Å². The van der Waals surface area contributed by atoms with Gasteiger partial charge in [-0.2, -0.15) is 0 Å². The quantitative estimate of drug-likeness (QED) is 0.635. The first-order valence-electron chi connectivity index (χ1n) is 13.9. The average Bonchev–Trinajstić information content (AvgIpc) is 3.36. The molecule has 2 spiro atoms. The fraction of sp³-hybridized carbons (Fsp3) is 0.581. The van der Waals surface area contributed by atoms with E-state index in [9.17, 15) is 0 Å². The van der Waals surface area contributed by atoms with Gasteiger partial charge in [-0.05, 0) is 103 Å². The number of fused-ring (bicyclic) bond motifs is 2. The Hall–Kier alpha value is -2.01. The minimum atomic E-state index is -0.0725. The molecule has 4 heterocycles. The number of likely N-dealkylation sites (tertiary alicyclic amines) is 1. The zero-order valence-corrected chi connectivity index (χ0v) is 20.9. The van der Waals surface area contributed by atoms with E-state index in [4.69, 9.17) is 10.5 Å². The normalized spacial score (nSPS) is 42.6. The molecule has 8 rings (SSSR count). The predicted molar refractivity (Wildman–Crippen MR) is 139 cm³/mol. The number of rotatable bonds is 2. The van der Waals surface area contributed by atoms with Crippen LogP contribution in [0, 0.1) is 11.3 Å². The SMILES string of the molecule is CC12CC=C3C=C4CC[C@@H](N5CC(N)C5)C[C@]45CC[C@]3(O5)[C@@H]1CC[C@@H]2c1ccc2ccncc2c1. The number of aromatic nitrogens is 1. The summed E-state index contributed by atoms with van der Waals surface area (Å²) in [7, 11) is 0. The summed E-state index contributed by atoms with van der Waals surface area (Å²) in [6.07, 6.45) is 18.8. The van der Waals surface area contributed by atoms with Crippen LogP contribution in [0.2, 0.25) is 0 Å². The molecule has 182 valence electrons. The van der Waals surface area contributed by atoms with E-state index in [1.165, 1.54) is 73.3 Å². The molecule has 2 N–H and O–H groups in total. The number of hydrogen-bond donors (Lipinski definition) is 1. The second-order valence-corrected chi connectivity index (χ2v) is 12.8. The van der Waals surface area contributed by atoms with Gasteiger partial charge in [0.05, 0.1) is 11.2 Å². The fourth-order valence-electron chi connectivity index (χ4n) is 9.41. The fourth-order valence-corrected chi connectivity index (χ4v) is 9.41. The maximum Gasteiger partial charge on any atom is 0.0974 e. The van der Waals surface area contributed by atoms with Crippen LogP contribution in [0.15, 0.2) is 60.0 Å². The third kappa shape index (κ3) is 2.77. The highest BCUT2D eigenvalue weighted by molar-refractivity contribution is 5.82. The molecule has 3 aliphatic heterocycles. The van der Waals surface area contributed by atoms with Crippen molar-refractivity contribution < 1.29 is 4.74 Å². The number of ether oxygens (including phenoxy) is 1. The number of pyridine rings is 1. The van der Waals surface area contributed by atoms with E-state index in [0.717, 1.165) is 13.1 Å². The minimum Gasteiger partial charge on any atom is -0.359 e. The van der Waals surface area contributed by atoms with E-state index in [-0.39, 0.29) is 16.6 Å². The van der Waals surface area contributed by atoms with Crippen LogP contribution >= 0.6 is 0 Å². The third-order valence-electron chi connectivity index (χ3n) is 11.2. The Morgan fingerprint density at radius 3 is 2.89 bits per heavy atom. The molecule has 4 heteroatoms. The van der Waals surface area contributed by atoms with Gasteiger partial charge in [-0.15, -0.1) is 0 Å². The summed E-state index contributed by atoms with van der Waals surface area (Å²) in [5.74, 6) is 1.18. The largest absolute Gasteiger partial charge is 0.359 e. The number of nitrogens with two attached hydrogens (primary N) is 1. The van der Waals surface area contributed by atoms with E-state index in [2.05, 4.69) is 53.2 Å². The number of allylic oxidation sites excluding steroid dienone is 1. The zero-order chi connectivity index (χ0) is 23.4. The van der Waals surface area contributed by atoms with Crippen molar-refractivity contribution in [2.24, 2.45) is 17.1 Å². The maximum absolute atomic E-state index is 7.49. The number of benzene rings is 1. The monoisotopic (exact) mass is 467 g/mol. The Labute approximate surface area is 208 Å². The molecule has 6 atom stereocenters. The summed E-state index contributed by atoms with van der Waals surface area (Å²) < 4.78 is 7.49. The molecule has 4 fully saturated rings. The molecular weight excluding hydrogens is 430 g/mol. The highest BCUT2D eigenvalue weighted by atomic mass is 16.5. The van der Waals surface area contributed by atoms with Crippen molar-refractivity contribution >= 4 is 10.8 Å². The number of nitrogens with zero attached hydrogens (tertiary/aromatic N) is 2. The van der Waals surface area contributed by atoms with Crippen molar-refractivity contribution in [2.45, 2.75) is 87.5 Å². The first-order valence-corrected chi connectivity index (χ1v) is 13.9.